The van der Waals surface area contributed by atoms with Crippen molar-refractivity contribution in [1.82, 2.24) is 0 Å². The van der Waals surface area contributed by atoms with Crippen LogP contribution in [-0.4, -0.2) is 91.9 Å². The quantitative estimate of drug-likeness (QED) is 0.0555. The van der Waals surface area contributed by atoms with E-state index in [1.165, 1.54) is 96.3 Å². The Kier molecular flexibility index (Phi) is 36.6. The number of ether oxygens (including phenoxy) is 7. The van der Waals surface area contributed by atoms with Crippen molar-refractivity contribution < 1.29 is 38.0 Å². The fourth-order valence-corrected chi connectivity index (χ4v) is 4.34. The van der Waals surface area contributed by atoms with E-state index >= 15 is 0 Å². The minimum atomic E-state index is -0.236. The number of hydrogen-bond acceptors (Lipinski definition) is 8. The monoisotopic (exact) mass is 590 g/mol. The molecule has 0 aromatic heterocycles. The first-order valence-electron chi connectivity index (χ1n) is 16.9. The molecular weight excluding hydrogens is 524 g/mol. The minimum absolute atomic E-state index is 0.236. The topological polar surface area (TPSA) is 81.7 Å². The van der Waals surface area contributed by atoms with Crippen LogP contribution < -0.4 is 0 Å². The van der Waals surface area contributed by atoms with Gasteiger partial charge >= 0.3 is 5.97 Å². The van der Waals surface area contributed by atoms with Gasteiger partial charge in [0.15, 0.2) is 0 Å². The fraction of sp³-hybridized carbons (Fsp3) is 0.970. The molecule has 0 rings (SSSR count). The maximum atomic E-state index is 11.1. The minimum Gasteiger partial charge on any atom is -0.466 e. The Hall–Kier alpha value is -0.770. The van der Waals surface area contributed by atoms with Crippen molar-refractivity contribution in [1.29, 1.82) is 0 Å². The standard InChI is InChI=1S/C33H66O8/c1-3-5-6-7-8-9-10-11-12-13-14-15-16-17-18-19-21-35-23-25-37-27-29-39-31-32-40-30-28-38-26-24-36-22-20-33(34)41-4-2/h3-32H2,1-2H3. The Morgan fingerprint density at radius 2 is 0.659 bits per heavy atom. The van der Waals surface area contributed by atoms with Gasteiger partial charge in [-0.2, -0.15) is 0 Å². The van der Waals surface area contributed by atoms with Crippen molar-refractivity contribution >= 4 is 5.97 Å². The zero-order chi connectivity index (χ0) is 29.7. The van der Waals surface area contributed by atoms with Gasteiger partial charge < -0.3 is 33.2 Å². The molecule has 0 unspecified atom stereocenters. The van der Waals surface area contributed by atoms with Crippen LogP contribution in [0.25, 0.3) is 0 Å². The van der Waals surface area contributed by atoms with Crippen molar-refractivity contribution in [3.8, 4) is 0 Å². The summed E-state index contributed by atoms with van der Waals surface area (Å²) in [6.45, 7) is 11.1. The number of unbranched alkanes of at least 4 members (excludes halogenated alkanes) is 15. The van der Waals surface area contributed by atoms with E-state index in [2.05, 4.69) is 6.92 Å². The molecule has 8 nitrogen and oxygen atoms in total. The third-order valence-electron chi connectivity index (χ3n) is 6.76. The zero-order valence-corrected chi connectivity index (χ0v) is 27.0. The summed E-state index contributed by atoms with van der Waals surface area (Å²) < 4.78 is 37.7. The number of carbonyl (C=O) groups excluding carboxylic acids is 1. The molecule has 0 radical (unpaired) electrons. The summed E-state index contributed by atoms with van der Waals surface area (Å²) in [5.74, 6) is -0.236. The molecule has 0 aromatic carbocycles. The van der Waals surface area contributed by atoms with Gasteiger partial charge in [0, 0.05) is 6.61 Å². The molecule has 0 aliphatic heterocycles. The first-order valence-corrected chi connectivity index (χ1v) is 16.9. The highest BCUT2D eigenvalue weighted by Crippen LogP contribution is 2.13. The normalized spacial score (nSPS) is 11.4. The molecule has 0 aliphatic carbocycles. The molecule has 0 atom stereocenters. The summed E-state index contributed by atoms with van der Waals surface area (Å²) in [5.41, 5.74) is 0. The molecular formula is C33H66O8. The predicted octanol–water partition coefficient (Wildman–Crippen LogP) is 7.30. The van der Waals surface area contributed by atoms with E-state index in [0.29, 0.717) is 79.3 Å². The molecule has 8 heteroatoms. The second-order valence-corrected chi connectivity index (χ2v) is 10.5. The molecule has 0 saturated carbocycles. The summed E-state index contributed by atoms with van der Waals surface area (Å²) in [5, 5.41) is 0. The van der Waals surface area contributed by atoms with Crippen molar-refractivity contribution in [2.24, 2.45) is 0 Å². The predicted molar refractivity (Wildman–Crippen MR) is 166 cm³/mol. The van der Waals surface area contributed by atoms with Crippen LogP contribution in [0.15, 0.2) is 0 Å². The van der Waals surface area contributed by atoms with E-state index in [1.807, 2.05) is 0 Å². The molecule has 0 aliphatic rings. The Bertz CT molecular complexity index is 492. The number of hydrogen-bond donors (Lipinski definition) is 0. The van der Waals surface area contributed by atoms with Crippen LogP contribution in [0.4, 0.5) is 0 Å². The molecule has 0 bridgehead atoms. The fourth-order valence-electron chi connectivity index (χ4n) is 4.34. The summed E-state index contributed by atoms with van der Waals surface area (Å²) in [6, 6.07) is 0. The summed E-state index contributed by atoms with van der Waals surface area (Å²) >= 11 is 0. The molecule has 0 N–H and O–H groups in total. The van der Waals surface area contributed by atoms with Crippen LogP contribution in [0, 0.1) is 0 Å². The van der Waals surface area contributed by atoms with Crippen molar-refractivity contribution in [3.05, 3.63) is 0 Å². The summed E-state index contributed by atoms with van der Waals surface area (Å²) in [7, 11) is 0. The van der Waals surface area contributed by atoms with Gasteiger partial charge in [0.25, 0.3) is 0 Å². The third kappa shape index (κ3) is 37.2. The molecule has 0 fully saturated rings. The Morgan fingerprint density at radius 1 is 0.366 bits per heavy atom. The number of rotatable bonds is 36. The SMILES string of the molecule is CCCCCCCCCCCCCCCCCCOCCOCCOCCOCCOCCOCCC(=O)OCC. The van der Waals surface area contributed by atoms with Gasteiger partial charge in [0.2, 0.25) is 0 Å². The lowest BCUT2D eigenvalue weighted by Gasteiger charge is -2.08. The second-order valence-electron chi connectivity index (χ2n) is 10.5. The van der Waals surface area contributed by atoms with Gasteiger partial charge in [0.1, 0.15) is 0 Å². The van der Waals surface area contributed by atoms with Crippen LogP contribution in [0.1, 0.15) is 123 Å². The van der Waals surface area contributed by atoms with Crippen LogP contribution in [0.3, 0.4) is 0 Å². The molecule has 0 saturated heterocycles. The average Bonchev–Trinajstić information content (AvgIpc) is 2.97. The number of carbonyl (C=O) groups is 1. The van der Waals surface area contributed by atoms with Gasteiger partial charge in [-0.15, -0.1) is 0 Å². The van der Waals surface area contributed by atoms with Crippen LogP contribution in [0.2, 0.25) is 0 Å². The average molecular weight is 591 g/mol. The highest BCUT2D eigenvalue weighted by Gasteiger charge is 2.01. The first kappa shape index (κ1) is 40.2. The van der Waals surface area contributed by atoms with Crippen molar-refractivity contribution in [3.63, 3.8) is 0 Å². The summed E-state index contributed by atoms with van der Waals surface area (Å²) in [6.07, 6.45) is 22.5. The molecule has 0 aromatic rings. The van der Waals surface area contributed by atoms with E-state index in [-0.39, 0.29) is 12.4 Å². The van der Waals surface area contributed by atoms with Crippen molar-refractivity contribution in [2.75, 3.05) is 85.9 Å². The van der Waals surface area contributed by atoms with Gasteiger partial charge in [-0.25, -0.2) is 0 Å². The highest BCUT2D eigenvalue weighted by molar-refractivity contribution is 5.69. The molecule has 0 spiro atoms. The zero-order valence-electron chi connectivity index (χ0n) is 27.0. The molecule has 0 heterocycles. The lowest BCUT2D eigenvalue weighted by atomic mass is 10.0. The van der Waals surface area contributed by atoms with E-state index in [1.54, 1.807) is 6.92 Å². The smallest absolute Gasteiger partial charge is 0.308 e. The number of esters is 1. The molecule has 41 heavy (non-hydrogen) atoms. The maximum Gasteiger partial charge on any atom is 0.308 e. The Balaban J connectivity index is 3.05. The van der Waals surface area contributed by atoms with Crippen LogP contribution >= 0.6 is 0 Å². The van der Waals surface area contributed by atoms with E-state index in [0.717, 1.165) is 13.0 Å². The van der Waals surface area contributed by atoms with E-state index in [9.17, 15) is 4.79 Å². The largest absolute Gasteiger partial charge is 0.466 e. The third-order valence-corrected chi connectivity index (χ3v) is 6.76. The second kappa shape index (κ2) is 37.3. The lowest BCUT2D eigenvalue weighted by molar-refractivity contribution is -0.144. The highest BCUT2D eigenvalue weighted by atomic mass is 16.6. The van der Waals surface area contributed by atoms with Gasteiger partial charge in [-0.05, 0) is 13.3 Å². The van der Waals surface area contributed by atoms with E-state index < -0.39 is 0 Å². The van der Waals surface area contributed by atoms with Gasteiger partial charge in [-0.3, -0.25) is 4.79 Å². The summed E-state index contributed by atoms with van der Waals surface area (Å²) in [4.78, 5) is 11.1. The van der Waals surface area contributed by atoms with Crippen LogP contribution in [0.5, 0.6) is 0 Å². The van der Waals surface area contributed by atoms with Crippen LogP contribution in [-0.2, 0) is 38.0 Å². The first-order chi connectivity index (χ1) is 20.3. The maximum absolute atomic E-state index is 11.1. The Morgan fingerprint density at radius 3 is 1.00 bits per heavy atom. The van der Waals surface area contributed by atoms with E-state index in [4.69, 9.17) is 33.2 Å². The Labute approximate surface area is 252 Å². The molecule has 246 valence electrons. The van der Waals surface area contributed by atoms with Crippen molar-refractivity contribution in [2.45, 2.75) is 123 Å². The molecule has 0 amide bonds. The lowest BCUT2D eigenvalue weighted by Crippen LogP contribution is -2.14. The van der Waals surface area contributed by atoms with Gasteiger partial charge in [0.05, 0.1) is 85.7 Å². The van der Waals surface area contributed by atoms with Gasteiger partial charge in [-0.1, -0.05) is 103 Å².